The Labute approximate surface area is 179 Å². The number of rotatable bonds is 7. The summed E-state index contributed by atoms with van der Waals surface area (Å²) < 4.78 is 20.3. The highest BCUT2D eigenvalue weighted by Gasteiger charge is 2.38. The van der Waals surface area contributed by atoms with Gasteiger partial charge in [0.2, 0.25) is 0 Å². The summed E-state index contributed by atoms with van der Waals surface area (Å²) in [5.74, 6) is 0.196. The Morgan fingerprint density at radius 2 is 2.03 bits per heavy atom. The van der Waals surface area contributed by atoms with E-state index in [1.54, 1.807) is 29.3 Å². The summed E-state index contributed by atoms with van der Waals surface area (Å²) >= 11 is 0. The van der Waals surface area contributed by atoms with Crippen molar-refractivity contribution in [1.29, 1.82) is 5.26 Å². The maximum Gasteiger partial charge on any atom is 0.254 e. The molecule has 1 aliphatic heterocycles. The molecule has 1 amide bonds. The van der Waals surface area contributed by atoms with Crippen molar-refractivity contribution in [3.8, 4) is 6.07 Å². The van der Waals surface area contributed by atoms with Crippen LogP contribution in [0.4, 0.5) is 15.9 Å². The average Bonchev–Trinajstić information content (AvgIpc) is 3.42. The molecule has 0 saturated carbocycles. The van der Waals surface area contributed by atoms with Crippen molar-refractivity contribution in [2.75, 3.05) is 18.4 Å². The van der Waals surface area contributed by atoms with Gasteiger partial charge in [-0.3, -0.25) is 14.4 Å². The Morgan fingerprint density at radius 1 is 1.29 bits per heavy atom. The molecule has 3 N–H and O–H groups in total. The quantitative estimate of drug-likeness (QED) is 0.604. The fourth-order valence-electron chi connectivity index (χ4n) is 3.94. The molecule has 8 nitrogen and oxygen atoms in total. The van der Waals surface area contributed by atoms with E-state index in [1.807, 2.05) is 12.1 Å². The lowest BCUT2D eigenvalue weighted by atomic mass is 9.85. The molecule has 2 aromatic heterocycles. The van der Waals surface area contributed by atoms with E-state index in [1.165, 1.54) is 12.1 Å². The molecule has 1 saturated heterocycles. The summed E-state index contributed by atoms with van der Waals surface area (Å²) in [5, 5.41) is 17.1. The van der Waals surface area contributed by atoms with E-state index in [4.69, 9.17) is 10.2 Å². The number of nitrogens with two attached hydrogens (primary N) is 1. The highest BCUT2D eigenvalue weighted by Crippen LogP contribution is 2.35. The Bertz CT molecular complexity index is 1080. The van der Waals surface area contributed by atoms with Gasteiger partial charge in [0.15, 0.2) is 5.82 Å². The van der Waals surface area contributed by atoms with Crippen molar-refractivity contribution in [2.24, 2.45) is 5.73 Å². The summed E-state index contributed by atoms with van der Waals surface area (Å²) in [7, 11) is 0. The van der Waals surface area contributed by atoms with Crippen LogP contribution in [0.1, 0.15) is 35.4 Å². The number of carbonyl (C=O) groups excluding carboxylic acids is 1. The van der Waals surface area contributed by atoms with Gasteiger partial charge in [0, 0.05) is 25.0 Å². The Morgan fingerprint density at radius 3 is 2.65 bits per heavy atom. The zero-order valence-corrected chi connectivity index (χ0v) is 16.9. The summed E-state index contributed by atoms with van der Waals surface area (Å²) in [4.78, 5) is 14.3. The van der Waals surface area contributed by atoms with Gasteiger partial charge in [-0.15, -0.1) is 0 Å². The highest BCUT2D eigenvalue weighted by molar-refractivity contribution is 5.98. The standard InChI is InChI=1S/C22H23FN6O2/c23-16-3-5-17(6-4-16)26-21-19(20(25)30)15-29(27-21)22(7-10-24)8-11-28(12-9-22)14-18-2-1-13-31-18/h1-6,13,15H,7-9,11-12,14H2,(H2,25,30)(H,26,27). The van der Waals surface area contributed by atoms with Crippen molar-refractivity contribution >= 4 is 17.4 Å². The molecule has 0 radical (unpaired) electrons. The number of hydrogen-bond acceptors (Lipinski definition) is 6. The minimum absolute atomic E-state index is 0.222. The van der Waals surface area contributed by atoms with Crippen LogP contribution in [0.5, 0.6) is 0 Å². The summed E-state index contributed by atoms with van der Waals surface area (Å²) in [5.41, 5.74) is 5.84. The number of benzene rings is 1. The van der Waals surface area contributed by atoms with Gasteiger partial charge in [-0.25, -0.2) is 4.39 Å². The third-order valence-corrected chi connectivity index (χ3v) is 5.73. The number of carbonyl (C=O) groups is 1. The number of amides is 1. The van der Waals surface area contributed by atoms with Gasteiger partial charge < -0.3 is 15.5 Å². The van der Waals surface area contributed by atoms with Crippen molar-refractivity contribution < 1.29 is 13.6 Å². The summed E-state index contributed by atoms with van der Waals surface area (Å²) in [6.07, 6.45) is 4.91. The molecule has 0 spiro atoms. The second-order valence-corrected chi connectivity index (χ2v) is 7.75. The van der Waals surface area contributed by atoms with Crippen LogP contribution in [0.2, 0.25) is 0 Å². The van der Waals surface area contributed by atoms with E-state index in [9.17, 15) is 14.4 Å². The number of likely N-dealkylation sites (tertiary alicyclic amines) is 1. The fraction of sp³-hybridized carbons (Fsp3) is 0.318. The molecular weight excluding hydrogens is 399 g/mol. The lowest BCUT2D eigenvalue weighted by molar-refractivity contribution is 0.0926. The van der Waals surface area contributed by atoms with Crippen molar-refractivity contribution in [3.63, 3.8) is 0 Å². The smallest absolute Gasteiger partial charge is 0.254 e. The normalized spacial score (nSPS) is 16.0. The molecule has 0 bridgehead atoms. The molecule has 0 atom stereocenters. The molecule has 1 fully saturated rings. The van der Waals surface area contributed by atoms with Crippen molar-refractivity contribution in [1.82, 2.24) is 14.7 Å². The second-order valence-electron chi connectivity index (χ2n) is 7.75. The van der Waals surface area contributed by atoms with E-state index in [-0.39, 0.29) is 23.6 Å². The number of anilines is 2. The molecule has 3 aromatic rings. The first kappa shape index (κ1) is 20.6. The number of hydrogen-bond donors (Lipinski definition) is 2. The molecule has 1 aromatic carbocycles. The maximum atomic E-state index is 13.2. The van der Waals surface area contributed by atoms with Gasteiger partial charge in [0.25, 0.3) is 5.91 Å². The van der Waals surface area contributed by atoms with Crippen LogP contribution >= 0.6 is 0 Å². The number of nitrogens with zero attached hydrogens (tertiary/aromatic N) is 4. The second kappa shape index (κ2) is 8.62. The predicted octanol–water partition coefficient (Wildman–Crippen LogP) is 3.36. The summed E-state index contributed by atoms with van der Waals surface area (Å²) in [6, 6.07) is 11.8. The number of primary amides is 1. The van der Waals surface area contributed by atoms with Crippen LogP contribution in [0.3, 0.4) is 0 Å². The minimum Gasteiger partial charge on any atom is -0.468 e. The van der Waals surface area contributed by atoms with E-state index >= 15 is 0 Å². The maximum absolute atomic E-state index is 13.2. The zero-order valence-electron chi connectivity index (χ0n) is 16.9. The van der Waals surface area contributed by atoms with E-state index < -0.39 is 11.4 Å². The molecule has 0 unspecified atom stereocenters. The van der Waals surface area contributed by atoms with Crippen LogP contribution in [0.15, 0.2) is 53.3 Å². The Balaban J connectivity index is 1.57. The SMILES string of the molecule is N#CCC1(n2cc(C(N)=O)c(Nc3ccc(F)cc3)n2)CCN(Cc2ccco2)CC1. The minimum atomic E-state index is -0.627. The van der Waals surface area contributed by atoms with Crippen LogP contribution in [0.25, 0.3) is 0 Å². The average molecular weight is 422 g/mol. The van der Waals surface area contributed by atoms with Crippen LogP contribution in [-0.4, -0.2) is 33.7 Å². The summed E-state index contributed by atoms with van der Waals surface area (Å²) in [6.45, 7) is 2.22. The molecule has 1 aliphatic rings. The third kappa shape index (κ3) is 4.44. The van der Waals surface area contributed by atoms with Crippen LogP contribution in [-0.2, 0) is 12.1 Å². The topological polar surface area (TPSA) is 113 Å². The van der Waals surface area contributed by atoms with E-state index in [0.29, 0.717) is 25.1 Å². The first-order valence-corrected chi connectivity index (χ1v) is 10.0. The molecule has 0 aliphatic carbocycles. The Hall–Kier alpha value is -3.64. The van der Waals surface area contributed by atoms with Gasteiger partial charge >= 0.3 is 0 Å². The van der Waals surface area contributed by atoms with E-state index in [0.717, 1.165) is 18.8 Å². The molecule has 9 heteroatoms. The number of aromatic nitrogens is 2. The highest BCUT2D eigenvalue weighted by atomic mass is 19.1. The fourth-order valence-corrected chi connectivity index (χ4v) is 3.94. The molecule has 31 heavy (non-hydrogen) atoms. The molecule has 3 heterocycles. The number of furan rings is 1. The lowest BCUT2D eigenvalue weighted by Crippen LogP contribution is -2.46. The molecule has 4 rings (SSSR count). The zero-order chi connectivity index (χ0) is 21.8. The number of nitriles is 1. The number of nitrogens with one attached hydrogen (secondary N) is 1. The van der Waals surface area contributed by atoms with Gasteiger partial charge in [0.1, 0.15) is 17.1 Å². The monoisotopic (exact) mass is 422 g/mol. The Kier molecular flexibility index (Phi) is 5.73. The van der Waals surface area contributed by atoms with Crippen molar-refractivity contribution in [2.45, 2.75) is 31.3 Å². The van der Waals surface area contributed by atoms with Gasteiger partial charge in [0.05, 0.1) is 30.8 Å². The largest absolute Gasteiger partial charge is 0.468 e. The van der Waals surface area contributed by atoms with Crippen LogP contribution in [0, 0.1) is 17.1 Å². The molecule has 160 valence electrons. The van der Waals surface area contributed by atoms with Gasteiger partial charge in [-0.05, 0) is 49.2 Å². The van der Waals surface area contributed by atoms with Gasteiger partial charge in [-0.2, -0.15) is 10.4 Å². The molecular formula is C22H23FN6O2. The number of piperidine rings is 1. The first-order chi connectivity index (χ1) is 15.0. The first-order valence-electron chi connectivity index (χ1n) is 10.0. The number of halogens is 1. The predicted molar refractivity (Wildman–Crippen MR) is 112 cm³/mol. The van der Waals surface area contributed by atoms with E-state index in [2.05, 4.69) is 21.4 Å². The van der Waals surface area contributed by atoms with Gasteiger partial charge in [-0.1, -0.05) is 0 Å². The van der Waals surface area contributed by atoms with Crippen LogP contribution < -0.4 is 11.1 Å². The van der Waals surface area contributed by atoms with Crippen molar-refractivity contribution in [3.05, 3.63) is 66.0 Å². The lowest BCUT2D eigenvalue weighted by Gasteiger charge is -2.40. The third-order valence-electron chi connectivity index (χ3n) is 5.73.